The van der Waals surface area contributed by atoms with E-state index in [4.69, 9.17) is 9.47 Å². The number of ether oxygens (including phenoxy) is 2. The van der Waals surface area contributed by atoms with E-state index in [1.165, 1.54) is 4.90 Å². The SMILES string of the molecule is COC1CCCC(C(=O)O)(N(C(=O)OC(C)(C)C)C2CC2)C1. The van der Waals surface area contributed by atoms with Crippen molar-refractivity contribution in [3.8, 4) is 0 Å². The van der Waals surface area contributed by atoms with Gasteiger partial charge in [0, 0.05) is 19.6 Å². The Morgan fingerprint density at radius 2 is 1.86 bits per heavy atom. The lowest BCUT2D eigenvalue weighted by molar-refractivity contribution is -0.158. The van der Waals surface area contributed by atoms with Crippen molar-refractivity contribution in [3.63, 3.8) is 0 Å². The molecule has 0 heterocycles. The molecule has 0 spiro atoms. The number of carboxylic acids is 1. The van der Waals surface area contributed by atoms with Crippen molar-refractivity contribution in [3.05, 3.63) is 0 Å². The third-order valence-electron chi connectivity index (χ3n) is 4.38. The van der Waals surface area contributed by atoms with E-state index in [9.17, 15) is 14.7 Å². The van der Waals surface area contributed by atoms with Crippen LogP contribution in [0.15, 0.2) is 0 Å². The maximum atomic E-state index is 12.6. The summed E-state index contributed by atoms with van der Waals surface area (Å²) in [6.45, 7) is 5.38. The number of nitrogens with zero attached hydrogens (tertiary/aromatic N) is 1. The van der Waals surface area contributed by atoms with Crippen molar-refractivity contribution in [2.75, 3.05) is 7.11 Å². The molecule has 0 aromatic carbocycles. The molecule has 2 aliphatic carbocycles. The molecule has 0 aromatic rings. The summed E-state index contributed by atoms with van der Waals surface area (Å²) in [4.78, 5) is 26.2. The van der Waals surface area contributed by atoms with Crippen molar-refractivity contribution >= 4 is 12.1 Å². The second kappa shape index (κ2) is 6.07. The molecule has 2 atom stereocenters. The van der Waals surface area contributed by atoms with Gasteiger partial charge in [-0.05, 0) is 52.9 Å². The lowest BCUT2D eigenvalue weighted by Gasteiger charge is -2.45. The summed E-state index contributed by atoms with van der Waals surface area (Å²) >= 11 is 0. The highest BCUT2D eigenvalue weighted by Gasteiger charge is 2.55. The summed E-state index contributed by atoms with van der Waals surface area (Å²) in [5, 5.41) is 9.89. The predicted octanol–water partition coefficient (Wildman–Crippen LogP) is 2.80. The monoisotopic (exact) mass is 313 g/mol. The second-order valence-electron chi connectivity index (χ2n) is 7.37. The van der Waals surface area contributed by atoms with Gasteiger partial charge in [-0.2, -0.15) is 0 Å². The number of rotatable bonds is 4. The highest BCUT2D eigenvalue weighted by molar-refractivity contribution is 5.85. The zero-order valence-corrected chi connectivity index (χ0v) is 13.9. The van der Waals surface area contributed by atoms with E-state index in [1.807, 2.05) is 0 Å². The van der Waals surface area contributed by atoms with E-state index < -0.39 is 23.2 Å². The van der Waals surface area contributed by atoms with Gasteiger partial charge in [0.1, 0.15) is 11.1 Å². The Balaban J connectivity index is 2.30. The molecule has 0 bridgehead atoms. The first kappa shape index (κ1) is 17.1. The summed E-state index contributed by atoms with van der Waals surface area (Å²) < 4.78 is 10.9. The van der Waals surface area contributed by atoms with Crippen molar-refractivity contribution < 1.29 is 24.2 Å². The lowest BCUT2D eigenvalue weighted by Crippen LogP contribution is -2.61. The average Bonchev–Trinajstić information content (AvgIpc) is 3.21. The van der Waals surface area contributed by atoms with Crippen LogP contribution in [0.5, 0.6) is 0 Å². The van der Waals surface area contributed by atoms with Crippen LogP contribution >= 0.6 is 0 Å². The standard InChI is InChI=1S/C16H27NO5/c1-15(2,3)22-14(20)17(11-7-8-11)16(13(18)19)9-5-6-12(10-16)21-4/h11-12H,5-10H2,1-4H3,(H,18,19). The molecule has 2 unspecified atom stereocenters. The number of hydrogen-bond donors (Lipinski definition) is 1. The van der Waals surface area contributed by atoms with Gasteiger partial charge in [0.05, 0.1) is 6.10 Å². The van der Waals surface area contributed by atoms with E-state index in [1.54, 1.807) is 27.9 Å². The van der Waals surface area contributed by atoms with E-state index in [0.717, 1.165) is 25.7 Å². The van der Waals surface area contributed by atoms with E-state index >= 15 is 0 Å². The molecule has 0 aliphatic heterocycles. The zero-order valence-electron chi connectivity index (χ0n) is 13.9. The normalized spacial score (nSPS) is 29.0. The number of carboxylic acid groups (broad SMARTS) is 1. The van der Waals surface area contributed by atoms with Crippen molar-refractivity contribution in [2.24, 2.45) is 0 Å². The largest absolute Gasteiger partial charge is 0.479 e. The summed E-state index contributed by atoms with van der Waals surface area (Å²) in [6.07, 6.45) is 3.38. The van der Waals surface area contributed by atoms with Crippen molar-refractivity contribution in [1.29, 1.82) is 0 Å². The lowest BCUT2D eigenvalue weighted by atomic mass is 9.78. The Morgan fingerprint density at radius 3 is 2.32 bits per heavy atom. The first-order chi connectivity index (χ1) is 10.2. The van der Waals surface area contributed by atoms with E-state index in [-0.39, 0.29) is 12.1 Å². The highest BCUT2D eigenvalue weighted by Crippen LogP contribution is 2.42. The molecule has 0 radical (unpaired) electrons. The molecular formula is C16H27NO5. The fourth-order valence-electron chi connectivity index (χ4n) is 3.24. The molecular weight excluding hydrogens is 286 g/mol. The Kier molecular flexibility index (Phi) is 4.70. The van der Waals surface area contributed by atoms with Gasteiger partial charge in [-0.3, -0.25) is 4.90 Å². The van der Waals surface area contributed by atoms with Gasteiger partial charge in [-0.15, -0.1) is 0 Å². The van der Waals surface area contributed by atoms with E-state index in [0.29, 0.717) is 12.8 Å². The van der Waals surface area contributed by atoms with Crippen molar-refractivity contribution in [1.82, 2.24) is 4.90 Å². The molecule has 6 heteroatoms. The number of hydrogen-bond acceptors (Lipinski definition) is 4. The molecule has 2 aliphatic rings. The minimum atomic E-state index is -1.21. The third kappa shape index (κ3) is 3.54. The van der Waals surface area contributed by atoms with Gasteiger partial charge in [-0.1, -0.05) is 0 Å². The minimum absolute atomic E-state index is 0.0263. The summed E-state index contributed by atoms with van der Waals surface area (Å²) in [5.74, 6) is -0.952. The maximum Gasteiger partial charge on any atom is 0.411 e. The van der Waals surface area contributed by atoms with Gasteiger partial charge >= 0.3 is 12.1 Å². The molecule has 2 saturated carbocycles. The smallest absolute Gasteiger partial charge is 0.411 e. The van der Waals surface area contributed by atoms with Crippen LogP contribution in [0.1, 0.15) is 59.3 Å². The number of amides is 1. The van der Waals surface area contributed by atoms with Crippen LogP contribution in [-0.4, -0.2) is 52.5 Å². The van der Waals surface area contributed by atoms with Gasteiger partial charge in [0.2, 0.25) is 0 Å². The maximum absolute atomic E-state index is 12.6. The minimum Gasteiger partial charge on any atom is -0.479 e. The molecule has 6 nitrogen and oxygen atoms in total. The van der Waals surface area contributed by atoms with Crippen molar-refractivity contribution in [2.45, 2.75) is 82.6 Å². The summed E-state index contributed by atoms with van der Waals surface area (Å²) in [6, 6.07) is -0.0263. The molecule has 1 N–H and O–H groups in total. The molecule has 0 aromatic heterocycles. The van der Waals surface area contributed by atoms with Crippen LogP contribution < -0.4 is 0 Å². The quantitative estimate of drug-likeness (QED) is 0.863. The highest BCUT2D eigenvalue weighted by atomic mass is 16.6. The van der Waals surface area contributed by atoms with Gasteiger partial charge in [0.15, 0.2) is 0 Å². The molecule has 126 valence electrons. The van der Waals surface area contributed by atoms with Gasteiger partial charge in [-0.25, -0.2) is 9.59 Å². The number of aliphatic carboxylic acids is 1. The van der Waals surface area contributed by atoms with Gasteiger partial charge < -0.3 is 14.6 Å². The first-order valence-corrected chi connectivity index (χ1v) is 7.98. The molecule has 2 rings (SSSR count). The summed E-state index contributed by atoms with van der Waals surface area (Å²) in [7, 11) is 1.59. The molecule has 2 fully saturated rings. The van der Waals surface area contributed by atoms with Crippen LogP contribution in [0.4, 0.5) is 4.79 Å². The van der Waals surface area contributed by atoms with Crippen LogP contribution in [-0.2, 0) is 14.3 Å². The molecule has 0 saturated heterocycles. The third-order valence-corrected chi connectivity index (χ3v) is 4.38. The average molecular weight is 313 g/mol. The Hall–Kier alpha value is -1.30. The Morgan fingerprint density at radius 1 is 1.23 bits per heavy atom. The number of methoxy groups -OCH3 is 1. The fourth-order valence-corrected chi connectivity index (χ4v) is 3.24. The Bertz CT molecular complexity index is 440. The van der Waals surface area contributed by atoms with Gasteiger partial charge in [0.25, 0.3) is 0 Å². The molecule has 1 amide bonds. The fraction of sp³-hybridized carbons (Fsp3) is 0.875. The van der Waals surface area contributed by atoms with Crippen LogP contribution in [0.25, 0.3) is 0 Å². The predicted molar refractivity (Wildman–Crippen MR) is 80.7 cm³/mol. The van der Waals surface area contributed by atoms with Crippen LogP contribution in [0.2, 0.25) is 0 Å². The Labute approximate surface area is 131 Å². The topological polar surface area (TPSA) is 76.1 Å². The van der Waals surface area contributed by atoms with Crippen LogP contribution in [0.3, 0.4) is 0 Å². The summed E-state index contributed by atoms with van der Waals surface area (Å²) in [5.41, 5.74) is -1.85. The number of carbonyl (C=O) groups excluding carboxylic acids is 1. The van der Waals surface area contributed by atoms with E-state index in [2.05, 4.69) is 0 Å². The first-order valence-electron chi connectivity index (χ1n) is 7.98. The number of carbonyl (C=O) groups is 2. The van der Waals surface area contributed by atoms with Crippen LogP contribution in [0, 0.1) is 0 Å². The zero-order chi connectivity index (χ0) is 16.5. The second-order valence-corrected chi connectivity index (χ2v) is 7.37. The molecule has 22 heavy (non-hydrogen) atoms.